The molecule has 2 heterocycles. The summed E-state index contributed by atoms with van der Waals surface area (Å²) in [6.07, 6.45) is 0.890. The molecule has 1 fully saturated rings. The maximum atomic E-state index is 13.9. The molecule has 1 saturated heterocycles. The van der Waals surface area contributed by atoms with E-state index in [2.05, 4.69) is 13.0 Å². The van der Waals surface area contributed by atoms with E-state index in [-0.39, 0.29) is 0 Å². The molecule has 0 amide bonds. The Morgan fingerprint density at radius 1 is 1.00 bits per heavy atom. The number of furan rings is 1. The standard InChI is InChI=1S/C23H26BFO4/c1-6-16-9-7-8-10-19(16)26-14-15-11-17-13-20(25)27-21(17)18(12-15)24-28-22(2,3)23(4,5)29-24/h7-13H,6,14H2,1-5H3. The molecule has 6 heteroatoms. The minimum absolute atomic E-state index is 0.353. The van der Waals surface area contributed by atoms with Gasteiger partial charge in [0.05, 0.1) is 11.2 Å². The quantitative estimate of drug-likeness (QED) is 0.569. The van der Waals surface area contributed by atoms with Crippen molar-refractivity contribution in [3.63, 3.8) is 0 Å². The molecule has 0 N–H and O–H groups in total. The van der Waals surface area contributed by atoms with Crippen LogP contribution in [0.25, 0.3) is 11.0 Å². The van der Waals surface area contributed by atoms with Gasteiger partial charge in [0.15, 0.2) is 0 Å². The molecular formula is C23H26BFO4. The number of hydrogen-bond donors (Lipinski definition) is 0. The van der Waals surface area contributed by atoms with Gasteiger partial charge in [0.2, 0.25) is 0 Å². The van der Waals surface area contributed by atoms with Crippen LogP contribution in [0.1, 0.15) is 45.7 Å². The van der Waals surface area contributed by atoms with Crippen molar-refractivity contribution in [3.8, 4) is 5.75 Å². The Labute approximate surface area is 171 Å². The van der Waals surface area contributed by atoms with Crippen LogP contribution in [-0.4, -0.2) is 18.3 Å². The summed E-state index contributed by atoms with van der Waals surface area (Å²) in [5, 5.41) is 0.664. The first kappa shape index (κ1) is 20.0. The monoisotopic (exact) mass is 396 g/mol. The summed E-state index contributed by atoms with van der Waals surface area (Å²) in [7, 11) is -0.643. The lowest BCUT2D eigenvalue weighted by atomic mass is 9.77. The summed E-state index contributed by atoms with van der Waals surface area (Å²) in [6, 6.07) is 12.5. The molecule has 4 nitrogen and oxygen atoms in total. The van der Waals surface area contributed by atoms with E-state index >= 15 is 0 Å². The van der Waals surface area contributed by atoms with Crippen LogP contribution < -0.4 is 10.2 Å². The van der Waals surface area contributed by atoms with Crippen LogP contribution in [0.4, 0.5) is 4.39 Å². The molecule has 152 valence electrons. The van der Waals surface area contributed by atoms with E-state index in [4.69, 9.17) is 18.5 Å². The lowest BCUT2D eigenvalue weighted by Gasteiger charge is -2.32. The van der Waals surface area contributed by atoms with Crippen LogP contribution in [0.3, 0.4) is 0 Å². The van der Waals surface area contributed by atoms with Crippen molar-refractivity contribution in [2.45, 2.75) is 58.8 Å². The number of halogens is 1. The molecule has 29 heavy (non-hydrogen) atoms. The zero-order valence-electron chi connectivity index (χ0n) is 17.5. The number of aryl methyl sites for hydroxylation is 1. The van der Waals surface area contributed by atoms with Crippen molar-refractivity contribution in [1.82, 2.24) is 0 Å². The Morgan fingerprint density at radius 3 is 2.38 bits per heavy atom. The molecule has 1 aliphatic rings. The van der Waals surface area contributed by atoms with Gasteiger partial charge in [-0.1, -0.05) is 31.2 Å². The van der Waals surface area contributed by atoms with E-state index in [0.717, 1.165) is 23.3 Å². The summed E-state index contributed by atoms with van der Waals surface area (Å²) in [4.78, 5) is 0. The summed E-state index contributed by atoms with van der Waals surface area (Å²) in [6.45, 7) is 10.4. The van der Waals surface area contributed by atoms with Crippen molar-refractivity contribution < 1.29 is 22.9 Å². The summed E-state index contributed by atoms with van der Waals surface area (Å²) in [5.41, 5.74) is 2.16. The van der Waals surface area contributed by atoms with Crippen LogP contribution in [0, 0.1) is 6.01 Å². The molecule has 0 saturated carbocycles. The lowest BCUT2D eigenvalue weighted by Crippen LogP contribution is -2.41. The van der Waals surface area contributed by atoms with E-state index < -0.39 is 24.3 Å². The molecule has 0 radical (unpaired) electrons. The second-order valence-corrected chi connectivity index (χ2v) is 8.49. The predicted octanol–water partition coefficient (Wildman–Crippen LogP) is 5.01. The second kappa shape index (κ2) is 7.19. The molecule has 0 spiro atoms. The SMILES string of the molecule is CCc1ccccc1OCc1cc(B2OC(C)(C)C(C)(C)O2)c2oc(F)cc2c1. The van der Waals surface area contributed by atoms with E-state index in [1.807, 2.05) is 58.0 Å². The molecule has 0 atom stereocenters. The highest BCUT2D eigenvalue weighted by molar-refractivity contribution is 6.64. The third-order valence-electron chi connectivity index (χ3n) is 5.93. The van der Waals surface area contributed by atoms with Gasteiger partial charge < -0.3 is 18.5 Å². The molecule has 2 aromatic carbocycles. The highest BCUT2D eigenvalue weighted by Gasteiger charge is 2.52. The molecule has 4 rings (SSSR count). The number of rotatable bonds is 5. The minimum atomic E-state index is -0.643. The fourth-order valence-corrected chi connectivity index (χ4v) is 3.54. The first-order valence-corrected chi connectivity index (χ1v) is 9.98. The van der Waals surface area contributed by atoms with Gasteiger partial charge in [-0.15, -0.1) is 0 Å². The average molecular weight is 396 g/mol. The van der Waals surface area contributed by atoms with Crippen molar-refractivity contribution in [3.05, 3.63) is 59.6 Å². The summed E-state index contributed by atoms with van der Waals surface area (Å²) in [5.74, 6) is 0.852. The van der Waals surface area contributed by atoms with Gasteiger partial charge in [0, 0.05) is 16.9 Å². The summed E-state index contributed by atoms with van der Waals surface area (Å²) < 4.78 is 37.6. The highest BCUT2D eigenvalue weighted by Crippen LogP contribution is 2.37. The van der Waals surface area contributed by atoms with Gasteiger partial charge in [0.1, 0.15) is 17.9 Å². The Morgan fingerprint density at radius 2 is 1.69 bits per heavy atom. The molecule has 0 unspecified atom stereocenters. The molecule has 3 aromatic rings. The minimum Gasteiger partial charge on any atom is -0.489 e. The average Bonchev–Trinajstić information content (AvgIpc) is 3.14. The van der Waals surface area contributed by atoms with Gasteiger partial charge in [-0.25, -0.2) is 0 Å². The number of benzene rings is 2. The Bertz CT molecular complexity index is 1020. The van der Waals surface area contributed by atoms with Crippen molar-refractivity contribution in [1.29, 1.82) is 0 Å². The predicted molar refractivity (Wildman–Crippen MR) is 112 cm³/mol. The van der Waals surface area contributed by atoms with Crippen LogP contribution in [0.2, 0.25) is 0 Å². The Balaban J connectivity index is 1.68. The number of ether oxygens (including phenoxy) is 1. The maximum Gasteiger partial charge on any atom is 0.498 e. The van der Waals surface area contributed by atoms with Crippen molar-refractivity contribution in [2.24, 2.45) is 0 Å². The Hall–Kier alpha value is -2.31. The van der Waals surface area contributed by atoms with Crippen molar-refractivity contribution in [2.75, 3.05) is 0 Å². The molecular weight excluding hydrogens is 370 g/mol. The zero-order valence-corrected chi connectivity index (χ0v) is 17.5. The van der Waals surface area contributed by atoms with Crippen LogP contribution >= 0.6 is 0 Å². The second-order valence-electron chi connectivity index (χ2n) is 8.49. The number of fused-ring (bicyclic) bond motifs is 1. The third kappa shape index (κ3) is 3.67. The van der Waals surface area contributed by atoms with Crippen LogP contribution in [-0.2, 0) is 22.3 Å². The highest BCUT2D eigenvalue weighted by atomic mass is 19.1. The maximum absolute atomic E-state index is 13.9. The van der Waals surface area contributed by atoms with E-state index in [0.29, 0.717) is 23.0 Å². The van der Waals surface area contributed by atoms with E-state index in [1.165, 1.54) is 6.07 Å². The number of para-hydroxylation sites is 1. The van der Waals surface area contributed by atoms with Crippen molar-refractivity contribution >= 4 is 23.6 Å². The van der Waals surface area contributed by atoms with Gasteiger partial charge in [-0.2, -0.15) is 4.39 Å². The molecule has 0 bridgehead atoms. The normalized spacial score (nSPS) is 17.8. The van der Waals surface area contributed by atoms with Gasteiger partial charge in [0.25, 0.3) is 6.01 Å². The lowest BCUT2D eigenvalue weighted by molar-refractivity contribution is 0.00578. The molecule has 1 aromatic heterocycles. The summed E-state index contributed by atoms with van der Waals surface area (Å²) >= 11 is 0. The van der Waals surface area contributed by atoms with Gasteiger partial charge in [-0.3, -0.25) is 0 Å². The topological polar surface area (TPSA) is 40.8 Å². The Kier molecular flexibility index (Phi) is 4.95. The smallest absolute Gasteiger partial charge is 0.489 e. The molecule has 1 aliphatic heterocycles. The first-order chi connectivity index (χ1) is 13.7. The molecule has 0 aliphatic carbocycles. The largest absolute Gasteiger partial charge is 0.498 e. The van der Waals surface area contributed by atoms with Crippen LogP contribution in [0.5, 0.6) is 5.75 Å². The van der Waals surface area contributed by atoms with E-state index in [1.54, 1.807) is 0 Å². The number of hydrogen-bond acceptors (Lipinski definition) is 4. The third-order valence-corrected chi connectivity index (χ3v) is 5.93. The fraction of sp³-hybridized carbons (Fsp3) is 0.391. The van der Waals surface area contributed by atoms with Gasteiger partial charge >= 0.3 is 7.12 Å². The van der Waals surface area contributed by atoms with Gasteiger partial charge in [-0.05, 0) is 57.4 Å². The fourth-order valence-electron chi connectivity index (χ4n) is 3.54. The first-order valence-electron chi connectivity index (χ1n) is 9.98. The van der Waals surface area contributed by atoms with Crippen LogP contribution in [0.15, 0.2) is 46.9 Å². The zero-order chi connectivity index (χ0) is 20.8. The van der Waals surface area contributed by atoms with E-state index in [9.17, 15) is 4.39 Å².